The first kappa shape index (κ1) is 17.0. The van der Waals surface area contributed by atoms with E-state index in [0.29, 0.717) is 29.9 Å². The number of aryl methyl sites for hydroxylation is 1. The third kappa shape index (κ3) is 4.18. The van der Waals surface area contributed by atoms with Gasteiger partial charge in [-0.3, -0.25) is 9.59 Å². The normalized spacial score (nSPS) is 14.4. The fraction of sp³-hybridized carbons (Fsp3) is 0.300. The number of rotatable bonds is 4. The topological polar surface area (TPSA) is 75.4 Å². The van der Waals surface area contributed by atoms with Gasteiger partial charge in [0.25, 0.3) is 5.91 Å². The van der Waals surface area contributed by atoms with Crippen molar-refractivity contribution in [3.63, 3.8) is 0 Å². The molecule has 0 radical (unpaired) electrons. The summed E-state index contributed by atoms with van der Waals surface area (Å²) in [6, 6.07) is 12.9. The third-order valence-corrected chi connectivity index (χ3v) is 4.49. The molecule has 3 rings (SSSR count). The minimum absolute atomic E-state index is 0.184. The summed E-state index contributed by atoms with van der Waals surface area (Å²) in [7, 11) is 0. The summed E-state index contributed by atoms with van der Waals surface area (Å²) < 4.78 is 0. The number of nitrogens with zero attached hydrogens (tertiary/aromatic N) is 1. The zero-order chi connectivity index (χ0) is 17.8. The second-order valence-electron chi connectivity index (χ2n) is 6.50. The summed E-state index contributed by atoms with van der Waals surface area (Å²) in [5, 5.41) is 2.92. The number of carbonyl (C=O) groups excluding carboxylic acids is 2. The predicted molar refractivity (Wildman–Crippen MR) is 99.3 cm³/mol. The van der Waals surface area contributed by atoms with Gasteiger partial charge < -0.3 is 16.0 Å². The zero-order valence-electron chi connectivity index (χ0n) is 14.4. The predicted octanol–water partition coefficient (Wildman–Crippen LogP) is 3.34. The molecule has 2 aromatic carbocycles. The minimum atomic E-state index is -0.184. The fourth-order valence-corrected chi connectivity index (χ4v) is 3.08. The van der Waals surface area contributed by atoms with E-state index < -0.39 is 0 Å². The van der Waals surface area contributed by atoms with Crippen LogP contribution in [-0.4, -0.2) is 23.3 Å². The molecule has 1 saturated heterocycles. The highest BCUT2D eigenvalue weighted by Crippen LogP contribution is 2.19. The Hall–Kier alpha value is -2.82. The Morgan fingerprint density at radius 3 is 2.84 bits per heavy atom. The highest BCUT2D eigenvalue weighted by Gasteiger charge is 2.18. The van der Waals surface area contributed by atoms with Gasteiger partial charge in [-0.15, -0.1) is 0 Å². The molecule has 0 aromatic heterocycles. The van der Waals surface area contributed by atoms with E-state index in [9.17, 15) is 9.59 Å². The van der Waals surface area contributed by atoms with Crippen LogP contribution in [0.2, 0.25) is 0 Å². The van der Waals surface area contributed by atoms with Crippen molar-refractivity contribution in [1.29, 1.82) is 0 Å². The van der Waals surface area contributed by atoms with Crippen LogP contribution in [-0.2, 0) is 11.3 Å². The van der Waals surface area contributed by atoms with E-state index >= 15 is 0 Å². The molecule has 5 heteroatoms. The lowest BCUT2D eigenvalue weighted by molar-refractivity contribution is -0.133. The highest BCUT2D eigenvalue weighted by molar-refractivity contribution is 6.05. The first-order chi connectivity index (χ1) is 12.0. The molecule has 0 aliphatic carbocycles. The van der Waals surface area contributed by atoms with E-state index in [1.54, 1.807) is 12.1 Å². The van der Waals surface area contributed by atoms with E-state index in [1.165, 1.54) is 0 Å². The first-order valence-corrected chi connectivity index (χ1v) is 8.57. The highest BCUT2D eigenvalue weighted by atomic mass is 16.2. The summed E-state index contributed by atoms with van der Waals surface area (Å²) in [6.07, 6.45) is 2.66. The number of nitrogens with one attached hydrogen (secondary N) is 1. The van der Waals surface area contributed by atoms with Crippen LogP contribution >= 0.6 is 0 Å². The van der Waals surface area contributed by atoms with E-state index in [2.05, 4.69) is 5.32 Å². The van der Waals surface area contributed by atoms with Gasteiger partial charge in [0, 0.05) is 36.4 Å². The second-order valence-corrected chi connectivity index (χ2v) is 6.50. The quantitative estimate of drug-likeness (QED) is 0.840. The number of hydrogen-bond acceptors (Lipinski definition) is 3. The van der Waals surface area contributed by atoms with Gasteiger partial charge in [0.1, 0.15) is 0 Å². The number of anilines is 2. The van der Waals surface area contributed by atoms with Crippen molar-refractivity contribution in [3.8, 4) is 0 Å². The largest absolute Gasteiger partial charge is 0.399 e. The standard InChI is InChI=1S/C20H23N3O2/c1-14-8-9-16(21)12-18(14)20(25)22-17-6-4-5-15(11-17)13-23-10-3-2-7-19(23)24/h4-6,8-9,11-12H,2-3,7,10,13,21H2,1H3,(H,22,25). The van der Waals surface area contributed by atoms with Gasteiger partial charge in [-0.1, -0.05) is 18.2 Å². The Bertz CT molecular complexity index is 801. The molecule has 5 nitrogen and oxygen atoms in total. The van der Waals surface area contributed by atoms with Crippen LogP contribution in [0, 0.1) is 6.92 Å². The average molecular weight is 337 g/mol. The molecule has 3 N–H and O–H groups in total. The van der Waals surface area contributed by atoms with E-state index in [0.717, 1.165) is 30.5 Å². The van der Waals surface area contributed by atoms with E-state index in [4.69, 9.17) is 5.73 Å². The first-order valence-electron chi connectivity index (χ1n) is 8.57. The Morgan fingerprint density at radius 2 is 2.04 bits per heavy atom. The van der Waals surface area contributed by atoms with Crippen LogP contribution in [0.25, 0.3) is 0 Å². The molecule has 1 aliphatic rings. The molecule has 0 bridgehead atoms. The molecule has 0 atom stereocenters. The number of nitrogens with two attached hydrogens (primary N) is 1. The molecule has 1 heterocycles. The zero-order valence-corrected chi connectivity index (χ0v) is 14.4. The molecule has 0 spiro atoms. The van der Waals surface area contributed by atoms with Crippen LogP contribution in [0.5, 0.6) is 0 Å². The molecule has 2 aromatic rings. The van der Waals surface area contributed by atoms with Gasteiger partial charge in [-0.25, -0.2) is 0 Å². The lowest BCUT2D eigenvalue weighted by atomic mass is 10.1. The van der Waals surface area contributed by atoms with Gasteiger partial charge >= 0.3 is 0 Å². The Labute approximate surface area is 147 Å². The monoisotopic (exact) mass is 337 g/mol. The Kier molecular flexibility index (Phi) is 5.03. The fourth-order valence-electron chi connectivity index (χ4n) is 3.08. The number of nitrogen functional groups attached to an aromatic ring is 1. The number of piperidine rings is 1. The van der Waals surface area contributed by atoms with Crippen molar-refractivity contribution < 1.29 is 9.59 Å². The van der Waals surface area contributed by atoms with Crippen molar-refractivity contribution in [3.05, 3.63) is 59.2 Å². The SMILES string of the molecule is Cc1ccc(N)cc1C(=O)Nc1cccc(CN2CCCCC2=O)c1. The number of benzene rings is 2. The maximum Gasteiger partial charge on any atom is 0.256 e. The van der Waals surface area contributed by atoms with Crippen molar-refractivity contribution in [1.82, 2.24) is 4.90 Å². The number of carbonyl (C=O) groups is 2. The summed E-state index contributed by atoms with van der Waals surface area (Å²) in [4.78, 5) is 26.4. The van der Waals surface area contributed by atoms with Crippen LogP contribution in [0.1, 0.15) is 40.7 Å². The van der Waals surface area contributed by atoms with Crippen molar-refractivity contribution in [2.75, 3.05) is 17.6 Å². The van der Waals surface area contributed by atoms with E-state index in [1.807, 2.05) is 42.2 Å². The summed E-state index contributed by atoms with van der Waals surface area (Å²) >= 11 is 0. The second kappa shape index (κ2) is 7.38. The Balaban J connectivity index is 1.72. The van der Waals surface area contributed by atoms with Crippen molar-refractivity contribution >= 4 is 23.2 Å². The van der Waals surface area contributed by atoms with Gasteiger partial charge in [0.2, 0.25) is 5.91 Å². The molecular formula is C20H23N3O2. The molecule has 1 fully saturated rings. The van der Waals surface area contributed by atoms with E-state index in [-0.39, 0.29) is 11.8 Å². The van der Waals surface area contributed by atoms with Gasteiger partial charge in [-0.05, 0) is 55.2 Å². The van der Waals surface area contributed by atoms with Gasteiger partial charge in [0.05, 0.1) is 0 Å². The Morgan fingerprint density at radius 1 is 1.20 bits per heavy atom. The maximum atomic E-state index is 12.5. The molecule has 25 heavy (non-hydrogen) atoms. The summed E-state index contributed by atoms with van der Waals surface area (Å²) in [5.41, 5.74) is 9.52. The number of likely N-dealkylation sites (tertiary alicyclic amines) is 1. The van der Waals surface area contributed by atoms with Crippen LogP contribution < -0.4 is 11.1 Å². The summed E-state index contributed by atoms with van der Waals surface area (Å²) in [5.74, 6) is 0.0204. The molecule has 2 amide bonds. The van der Waals surface area contributed by atoms with Gasteiger partial charge in [-0.2, -0.15) is 0 Å². The van der Waals surface area contributed by atoms with Crippen molar-refractivity contribution in [2.24, 2.45) is 0 Å². The number of amides is 2. The minimum Gasteiger partial charge on any atom is -0.399 e. The van der Waals surface area contributed by atoms with Crippen LogP contribution in [0.4, 0.5) is 11.4 Å². The third-order valence-electron chi connectivity index (χ3n) is 4.49. The van der Waals surface area contributed by atoms with Crippen LogP contribution in [0.3, 0.4) is 0 Å². The maximum absolute atomic E-state index is 12.5. The number of hydrogen-bond donors (Lipinski definition) is 2. The van der Waals surface area contributed by atoms with Crippen molar-refractivity contribution in [2.45, 2.75) is 32.7 Å². The lowest BCUT2D eigenvalue weighted by Gasteiger charge is -2.26. The lowest BCUT2D eigenvalue weighted by Crippen LogP contribution is -2.34. The smallest absolute Gasteiger partial charge is 0.256 e. The average Bonchev–Trinajstić information content (AvgIpc) is 2.59. The summed E-state index contributed by atoms with van der Waals surface area (Å²) in [6.45, 7) is 3.27. The van der Waals surface area contributed by atoms with Gasteiger partial charge in [0.15, 0.2) is 0 Å². The molecule has 0 unspecified atom stereocenters. The molecule has 0 saturated carbocycles. The molecule has 130 valence electrons. The molecule has 1 aliphatic heterocycles. The van der Waals surface area contributed by atoms with Crippen LogP contribution in [0.15, 0.2) is 42.5 Å². The molecular weight excluding hydrogens is 314 g/mol.